The van der Waals surface area contributed by atoms with E-state index >= 15 is 0 Å². The molecule has 1 rings (SSSR count). The van der Waals surface area contributed by atoms with Crippen LogP contribution in [0.15, 0.2) is 0 Å². The summed E-state index contributed by atoms with van der Waals surface area (Å²) in [4.78, 5) is 11.8. The van der Waals surface area contributed by atoms with E-state index in [0.717, 1.165) is 24.5 Å². The van der Waals surface area contributed by atoms with E-state index in [1.54, 1.807) is 0 Å². The second-order valence-electron chi connectivity index (χ2n) is 6.34. The molecule has 0 aromatic rings. The van der Waals surface area contributed by atoms with Crippen LogP contribution in [0.3, 0.4) is 0 Å². The van der Waals surface area contributed by atoms with Crippen molar-refractivity contribution >= 4 is 27.5 Å². The maximum atomic E-state index is 11.8. The standard InChI is InChI=1S/C15H29NO2S2/c1-15(2,9-5-10-17)12-16-14(18)7-4-3-6-13-8-11-19-20-13/h13,17H,3-12H2,1-2H3,(H,16,18)/t13-/m0/s1. The lowest BCUT2D eigenvalue weighted by Crippen LogP contribution is -2.34. The van der Waals surface area contributed by atoms with E-state index in [-0.39, 0.29) is 17.9 Å². The van der Waals surface area contributed by atoms with Gasteiger partial charge in [-0.05, 0) is 37.5 Å². The fraction of sp³-hybridized carbons (Fsp3) is 0.933. The molecule has 1 saturated heterocycles. The number of rotatable bonds is 10. The van der Waals surface area contributed by atoms with E-state index in [4.69, 9.17) is 5.11 Å². The highest BCUT2D eigenvalue weighted by Crippen LogP contribution is 2.39. The average Bonchev–Trinajstić information content (AvgIpc) is 2.92. The van der Waals surface area contributed by atoms with Crippen molar-refractivity contribution < 1.29 is 9.90 Å². The first-order valence-corrected chi connectivity index (χ1v) is 10.1. The molecule has 1 aliphatic heterocycles. The number of amides is 1. The zero-order chi connectivity index (χ0) is 14.8. The summed E-state index contributed by atoms with van der Waals surface area (Å²) < 4.78 is 0. The van der Waals surface area contributed by atoms with Crippen LogP contribution in [0.2, 0.25) is 0 Å². The highest BCUT2D eigenvalue weighted by atomic mass is 33.1. The van der Waals surface area contributed by atoms with Crippen molar-refractivity contribution in [2.24, 2.45) is 5.41 Å². The molecule has 20 heavy (non-hydrogen) atoms. The fourth-order valence-corrected chi connectivity index (χ4v) is 5.32. The molecule has 1 atom stereocenters. The molecule has 1 amide bonds. The molecule has 0 spiro atoms. The van der Waals surface area contributed by atoms with Crippen molar-refractivity contribution in [2.45, 2.75) is 64.0 Å². The van der Waals surface area contributed by atoms with Crippen LogP contribution < -0.4 is 5.32 Å². The van der Waals surface area contributed by atoms with Crippen LogP contribution in [0.1, 0.15) is 58.8 Å². The SMILES string of the molecule is CC(C)(CCCO)CNC(=O)CCCC[C@H]1CCSS1. The summed E-state index contributed by atoms with van der Waals surface area (Å²) in [7, 11) is 4.00. The number of hydrogen-bond acceptors (Lipinski definition) is 4. The van der Waals surface area contributed by atoms with E-state index < -0.39 is 0 Å². The summed E-state index contributed by atoms with van der Waals surface area (Å²) in [5, 5.41) is 12.7. The molecule has 0 aromatic heterocycles. The molecular formula is C15H29NO2S2. The topological polar surface area (TPSA) is 49.3 Å². The number of carbonyl (C=O) groups is 1. The molecule has 0 radical (unpaired) electrons. The maximum absolute atomic E-state index is 11.8. The highest BCUT2D eigenvalue weighted by molar-refractivity contribution is 8.77. The van der Waals surface area contributed by atoms with E-state index in [1.807, 2.05) is 21.6 Å². The van der Waals surface area contributed by atoms with Crippen LogP contribution >= 0.6 is 21.6 Å². The van der Waals surface area contributed by atoms with Gasteiger partial charge in [-0.1, -0.05) is 41.9 Å². The third kappa shape index (κ3) is 8.42. The Hall–Kier alpha value is 0.130. The van der Waals surface area contributed by atoms with Crippen molar-refractivity contribution in [2.75, 3.05) is 18.9 Å². The molecule has 1 aliphatic rings. The van der Waals surface area contributed by atoms with E-state index in [1.165, 1.54) is 25.0 Å². The molecule has 5 heteroatoms. The quantitative estimate of drug-likeness (QED) is 0.477. The van der Waals surface area contributed by atoms with Gasteiger partial charge in [0.05, 0.1) is 0 Å². The van der Waals surface area contributed by atoms with Gasteiger partial charge in [0.25, 0.3) is 0 Å². The third-order valence-corrected chi connectivity index (χ3v) is 6.69. The van der Waals surface area contributed by atoms with E-state index in [0.29, 0.717) is 13.0 Å². The van der Waals surface area contributed by atoms with Crippen molar-refractivity contribution in [3.63, 3.8) is 0 Å². The summed E-state index contributed by atoms with van der Waals surface area (Å²) in [6, 6.07) is 0. The van der Waals surface area contributed by atoms with Gasteiger partial charge in [0.2, 0.25) is 5.91 Å². The second kappa shape index (κ2) is 9.96. The van der Waals surface area contributed by atoms with Crippen LogP contribution in [0.5, 0.6) is 0 Å². The van der Waals surface area contributed by atoms with Gasteiger partial charge in [0.1, 0.15) is 0 Å². The largest absolute Gasteiger partial charge is 0.396 e. The lowest BCUT2D eigenvalue weighted by Gasteiger charge is -2.24. The fourth-order valence-electron chi connectivity index (χ4n) is 2.29. The van der Waals surface area contributed by atoms with Gasteiger partial charge in [-0.25, -0.2) is 0 Å². The molecule has 3 nitrogen and oxygen atoms in total. The first kappa shape index (κ1) is 18.2. The molecule has 1 fully saturated rings. The minimum atomic E-state index is 0.0795. The number of nitrogens with one attached hydrogen (secondary N) is 1. The molecule has 1 heterocycles. The van der Waals surface area contributed by atoms with Crippen LogP contribution in [-0.2, 0) is 4.79 Å². The monoisotopic (exact) mass is 319 g/mol. The maximum Gasteiger partial charge on any atom is 0.220 e. The molecule has 2 N–H and O–H groups in total. The molecule has 118 valence electrons. The number of carbonyl (C=O) groups excluding carboxylic acids is 1. The Labute approximate surface area is 131 Å². The minimum absolute atomic E-state index is 0.0795. The Morgan fingerprint density at radius 1 is 1.35 bits per heavy atom. The van der Waals surface area contributed by atoms with Crippen LogP contribution in [0, 0.1) is 5.41 Å². The zero-order valence-corrected chi connectivity index (χ0v) is 14.5. The van der Waals surface area contributed by atoms with Crippen molar-refractivity contribution in [1.29, 1.82) is 0 Å². The highest BCUT2D eigenvalue weighted by Gasteiger charge is 2.18. The Morgan fingerprint density at radius 3 is 2.80 bits per heavy atom. The zero-order valence-electron chi connectivity index (χ0n) is 12.8. The molecular weight excluding hydrogens is 290 g/mol. The molecule has 0 bridgehead atoms. The van der Waals surface area contributed by atoms with Gasteiger partial charge in [0.15, 0.2) is 0 Å². The number of unbranched alkanes of at least 4 members (excludes halogenated alkanes) is 1. The molecule has 0 unspecified atom stereocenters. The predicted molar refractivity (Wildman–Crippen MR) is 90.0 cm³/mol. The predicted octanol–water partition coefficient (Wildman–Crippen LogP) is 3.62. The normalized spacial score (nSPS) is 19.2. The van der Waals surface area contributed by atoms with Gasteiger partial charge in [0, 0.05) is 30.6 Å². The first-order valence-electron chi connectivity index (χ1n) is 7.69. The average molecular weight is 320 g/mol. The van der Waals surface area contributed by atoms with Gasteiger partial charge in [-0.3, -0.25) is 4.79 Å². The van der Waals surface area contributed by atoms with Crippen molar-refractivity contribution in [3.8, 4) is 0 Å². The Balaban J connectivity index is 2.01. The van der Waals surface area contributed by atoms with Gasteiger partial charge in [-0.15, -0.1) is 0 Å². The number of aliphatic hydroxyl groups excluding tert-OH is 1. The summed E-state index contributed by atoms with van der Waals surface area (Å²) in [5.41, 5.74) is 0.0795. The minimum Gasteiger partial charge on any atom is -0.396 e. The number of aliphatic hydroxyl groups is 1. The Kier molecular flexibility index (Phi) is 9.05. The van der Waals surface area contributed by atoms with Crippen molar-refractivity contribution in [3.05, 3.63) is 0 Å². The third-order valence-electron chi connectivity index (χ3n) is 3.68. The van der Waals surface area contributed by atoms with Crippen LogP contribution in [0.25, 0.3) is 0 Å². The van der Waals surface area contributed by atoms with Crippen LogP contribution in [-0.4, -0.2) is 35.2 Å². The van der Waals surface area contributed by atoms with E-state index in [2.05, 4.69) is 19.2 Å². The Bertz CT molecular complexity index is 279. The summed E-state index contributed by atoms with van der Waals surface area (Å²) in [5.74, 6) is 1.47. The summed E-state index contributed by atoms with van der Waals surface area (Å²) in [6.07, 6.45) is 7.17. The molecule has 0 aliphatic carbocycles. The lowest BCUT2D eigenvalue weighted by molar-refractivity contribution is -0.121. The first-order chi connectivity index (χ1) is 9.53. The van der Waals surface area contributed by atoms with Gasteiger partial charge >= 0.3 is 0 Å². The summed E-state index contributed by atoms with van der Waals surface area (Å²) in [6.45, 7) is 5.21. The number of hydrogen-bond donors (Lipinski definition) is 2. The Morgan fingerprint density at radius 2 is 2.15 bits per heavy atom. The van der Waals surface area contributed by atoms with Crippen molar-refractivity contribution in [1.82, 2.24) is 5.32 Å². The van der Waals surface area contributed by atoms with Gasteiger partial charge in [-0.2, -0.15) is 0 Å². The van der Waals surface area contributed by atoms with Gasteiger partial charge < -0.3 is 10.4 Å². The lowest BCUT2D eigenvalue weighted by atomic mass is 9.88. The second-order valence-corrected chi connectivity index (χ2v) is 9.13. The van der Waals surface area contributed by atoms with E-state index in [9.17, 15) is 4.79 Å². The molecule has 0 saturated carbocycles. The smallest absolute Gasteiger partial charge is 0.220 e. The van der Waals surface area contributed by atoms with Crippen LogP contribution in [0.4, 0.5) is 0 Å². The molecule has 0 aromatic carbocycles. The summed E-state index contributed by atoms with van der Waals surface area (Å²) >= 11 is 0.